The van der Waals surface area contributed by atoms with Gasteiger partial charge in [-0.15, -0.1) is 0 Å². The normalized spacial score (nSPS) is 14.5. The maximum Gasteiger partial charge on any atom is 0.262 e. The van der Waals surface area contributed by atoms with Gasteiger partial charge in [-0.3, -0.25) is 19.3 Å². The number of aryl methyl sites for hydroxylation is 1. The molecule has 0 fully saturated rings. The molecule has 5 heteroatoms. The molecule has 3 amide bonds. The van der Waals surface area contributed by atoms with Crippen molar-refractivity contribution in [3.8, 4) is 0 Å². The van der Waals surface area contributed by atoms with Gasteiger partial charge >= 0.3 is 0 Å². The van der Waals surface area contributed by atoms with Crippen LogP contribution in [-0.2, 0) is 11.3 Å². The van der Waals surface area contributed by atoms with Crippen molar-refractivity contribution in [1.29, 1.82) is 0 Å². The number of amides is 3. The summed E-state index contributed by atoms with van der Waals surface area (Å²) in [5.41, 5.74) is 2.80. The highest BCUT2D eigenvalue weighted by molar-refractivity contribution is 6.22. The van der Waals surface area contributed by atoms with Gasteiger partial charge in [0.05, 0.1) is 11.1 Å². The summed E-state index contributed by atoms with van der Waals surface area (Å²) >= 11 is 0. The van der Waals surface area contributed by atoms with Gasteiger partial charge in [0, 0.05) is 6.54 Å². The molecule has 0 saturated carbocycles. The zero-order valence-corrected chi connectivity index (χ0v) is 13.6. The standard InChI is InChI=1S/C19H18N2O3/c1-12-7-9-14(10-8-12)11-20-17(22)13(2)21-18(23)15-5-3-4-6-16(15)19(21)24/h3-10,13H,11H2,1-2H3,(H,20,22)/t13-/m0/s1. The summed E-state index contributed by atoms with van der Waals surface area (Å²) in [5.74, 6) is -1.20. The molecule has 0 aromatic heterocycles. The number of rotatable bonds is 4. The van der Waals surface area contributed by atoms with Crippen LogP contribution in [0.5, 0.6) is 0 Å². The van der Waals surface area contributed by atoms with E-state index in [2.05, 4.69) is 5.32 Å². The molecule has 0 bridgehead atoms. The van der Waals surface area contributed by atoms with Crippen LogP contribution in [0.25, 0.3) is 0 Å². The molecule has 122 valence electrons. The first kappa shape index (κ1) is 15.9. The Morgan fingerprint density at radius 3 is 2.08 bits per heavy atom. The molecule has 1 N–H and O–H groups in total. The summed E-state index contributed by atoms with van der Waals surface area (Å²) in [6.45, 7) is 3.91. The summed E-state index contributed by atoms with van der Waals surface area (Å²) in [5, 5.41) is 2.78. The molecular weight excluding hydrogens is 304 g/mol. The second kappa shape index (κ2) is 6.28. The molecule has 0 spiro atoms. The van der Waals surface area contributed by atoms with Crippen LogP contribution in [0.1, 0.15) is 38.8 Å². The van der Waals surface area contributed by atoms with E-state index < -0.39 is 17.9 Å². The fourth-order valence-electron chi connectivity index (χ4n) is 2.72. The van der Waals surface area contributed by atoms with E-state index in [1.165, 1.54) is 0 Å². The lowest BCUT2D eigenvalue weighted by Gasteiger charge is -2.21. The number of hydrogen-bond donors (Lipinski definition) is 1. The quantitative estimate of drug-likeness (QED) is 0.878. The first-order chi connectivity index (χ1) is 11.5. The molecule has 1 atom stereocenters. The zero-order valence-electron chi connectivity index (χ0n) is 13.6. The monoisotopic (exact) mass is 322 g/mol. The fraction of sp³-hybridized carbons (Fsp3) is 0.211. The van der Waals surface area contributed by atoms with Gasteiger partial charge in [0.25, 0.3) is 11.8 Å². The van der Waals surface area contributed by atoms with Crippen LogP contribution in [0.4, 0.5) is 0 Å². The molecule has 0 saturated heterocycles. The minimum atomic E-state index is -0.858. The first-order valence-corrected chi connectivity index (χ1v) is 7.79. The number of imide groups is 1. The van der Waals surface area contributed by atoms with Crippen LogP contribution in [0.2, 0.25) is 0 Å². The summed E-state index contributed by atoms with van der Waals surface area (Å²) in [7, 11) is 0. The minimum Gasteiger partial charge on any atom is -0.350 e. The van der Waals surface area contributed by atoms with Crippen LogP contribution in [0, 0.1) is 6.92 Å². The lowest BCUT2D eigenvalue weighted by Crippen LogP contribution is -2.47. The van der Waals surface area contributed by atoms with Crippen LogP contribution in [0.15, 0.2) is 48.5 Å². The molecule has 0 unspecified atom stereocenters. The third-order valence-electron chi connectivity index (χ3n) is 4.18. The number of carbonyl (C=O) groups is 3. The average molecular weight is 322 g/mol. The molecule has 1 aliphatic heterocycles. The lowest BCUT2D eigenvalue weighted by atomic mass is 10.1. The summed E-state index contributed by atoms with van der Waals surface area (Å²) in [6, 6.07) is 13.6. The van der Waals surface area contributed by atoms with Gasteiger partial charge in [-0.2, -0.15) is 0 Å². The Morgan fingerprint density at radius 2 is 1.54 bits per heavy atom. The Bertz CT molecular complexity index is 777. The van der Waals surface area contributed by atoms with Crippen molar-refractivity contribution < 1.29 is 14.4 Å². The van der Waals surface area contributed by atoms with Crippen molar-refractivity contribution in [2.45, 2.75) is 26.4 Å². The van der Waals surface area contributed by atoms with Gasteiger partial charge in [0.1, 0.15) is 6.04 Å². The number of hydrogen-bond acceptors (Lipinski definition) is 3. The third-order valence-corrected chi connectivity index (χ3v) is 4.18. The molecule has 0 radical (unpaired) electrons. The third kappa shape index (κ3) is 2.80. The molecule has 1 aliphatic rings. The van der Waals surface area contributed by atoms with E-state index in [-0.39, 0.29) is 5.91 Å². The van der Waals surface area contributed by atoms with Gasteiger partial charge < -0.3 is 5.32 Å². The van der Waals surface area contributed by atoms with E-state index in [4.69, 9.17) is 0 Å². The second-order valence-electron chi connectivity index (χ2n) is 5.91. The van der Waals surface area contributed by atoms with Crippen molar-refractivity contribution in [1.82, 2.24) is 10.2 Å². The number of fused-ring (bicyclic) bond motifs is 1. The predicted molar refractivity (Wildman–Crippen MR) is 89.4 cm³/mol. The minimum absolute atomic E-state index is 0.348. The van der Waals surface area contributed by atoms with Crippen molar-refractivity contribution in [2.75, 3.05) is 0 Å². The first-order valence-electron chi connectivity index (χ1n) is 7.79. The molecule has 2 aromatic rings. The maximum absolute atomic E-state index is 12.4. The van der Waals surface area contributed by atoms with Crippen LogP contribution < -0.4 is 5.32 Å². The van der Waals surface area contributed by atoms with Crippen molar-refractivity contribution in [3.63, 3.8) is 0 Å². The van der Waals surface area contributed by atoms with E-state index >= 15 is 0 Å². The maximum atomic E-state index is 12.4. The molecule has 0 aliphatic carbocycles. The molecule has 5 nitrogen and oxygen atoms in total. The number of carbonyl (C=O) groups excluding carboxylic acids is 3. The predicted octanol–water partition coefficient (Wildman–Crippen LogP) is 2.30. The highest BCUT2D eigenvalue weighted by Crippen LogP contribution is 2.24. The summed E-state index contributed by atoms with van der Waals surface area (Å²) < 4.78 is 0. The van der Waals surface area contributed by atoms with Crippen molar-refractivity contribution >= 4 is 17.7 Å². The molecule has 1 heterocycles. The topological polar surface area (TPSA) is 66.5 Å². The van der Waals surface area contributed by atoms with E-state index in [0.29, 0.717) is 17.7 Å². The lowest BCUT2D eigenvalue weighted by molar-refractivity contribution is -0.124. The highest BCUT2D eigenvalue weighted by atomic mass is 16.2. The fourth-order valence-corrected chi connectivity index (χ4v) is 2.72. The van der Waals surface area contributed by atoms with Crippen LogP contribution in [-0.4, -0.2) is 28.7 Å². The van der Waals surface area contributed by atoms with Gasteiger partial charge in [-0.25, -0.2) is 0 Å². The SMILES string of the molecule is Cc1ccc(CNC(=O)[C@H](C)N2C(=O)c3ccccc3C2=O)cc1. The van der Waals surface area contributed by atoms with Gasteiger partial charge in [0.2, 0.25) is 5.91 Å². The number of nitrogens with one attached hydrogen (secondary N) is 1. The van der Waals surface area contributed by atoms with Gasteiger partial charge in [-0.05, 0) is 31.5 Å². The largest absolute Gasteiger partial charge is 0.350 e. The Morgan fingerprint density at radius 1 is 1.00 bits per heavy atom. The zero-order chi connectivity index (χ0) is 17.3. The molecule has 2 aromatic carbocycles. The van der Waals surface area contributed by atoms with Gasteiger partial charge in [-0.1, -0.05) is 42.0 Å². The molecule has 24 heavy (non-hydrogen) atoms. The van der Waals surface area contributed by atoms with Gasteiger partial charge in [0.15, 0.2) is 0 Å². The second-order valence-corrected chi connectivity index (χ2v) is 5.91. The van der Waals surface area contributed by atoms with E-state index in [9.17, 15) is 14.4 Å². The Kier molecular flexibility index (Phi) is 4.16. The Balaban J connectivity index is 1.69. The summed E-state index contributed by atoms with van der Waals surface area (Å²) in [6.07, 6.45) is 0. The van der Waals surface area contributed by atoms with E-state index in [1.54, 1.807) is 31.2 Å². The van der Waals surface area contributed by atoms with Crippen molar-refractivity contribution in [2.24, 2.45) is 0 Å². The number of nitrogens with zero attached hydrogens (tertiary/aromatic N) is 1. The average Bonchev–Trinajstić information content (AvgIpc) is 2.85. The van der Waals surface area contributed by atoms with Crippen molar-refractivity contribution in [3.05, 3.63) is 70.8 Å². The Labute approximate surface area is 140 Å². The van der Waals surface area contributed by atoms with Crippen LogP contribution >= 0.6 is 0 Å². The smallest absolute Gasteiger partial charge is 0.262 e. The number of benzene rings is 2. The highest BCUT2D eigenvalue weighted by Gasteiger charge is 2.40. The summed E-state index contributed by atoms with van der Waals surface area (Å²) in [4.78, 5) is 38.2. The van der Waals surface area contributed by atoms with E-state index in [0.717, 1.165) is 16.0 Å². The molecule has 3 rings (SSSR count). The van der Waals surface area contributed by atoms with Crippen LogP contribution in [0.3, 0.4) is 0 Å². The van der Waals surface area contributed by atoms with E-state index in [1.807, 2.05) is 31.2 Å². The molecular formula is C19H18N2O3. The Hall–Kier alpha value is -2.95.